The van der Waals surface area contributed by atoms with E-state index >= 15 is 0 Å². The fourth-order valence-corrected chi connectivity index (χ4v) is 4.38. The molecule has 4 rings (SSSR count). The van der Waals surface area contributed by atoms with Crippen LogP contribution in [0.25, 0.3) is 0 Å². The molecule has 1 aliphatic heterocycles. The second kappa shape index (κ2) is 8.25. The van der Waals surface area contributed by atoms with E-state index in [1.165, 1.54) is 11.1 Å². The predicted octanol–water partition coefficient (Wildman–Crippen LogP) is 3.56. The fourth-order valence-electron chi connectivity index (χ4n) is 4.19. The van der Waals surface area contributed by atoms with E-state index in [-0.39, 0.29) is 11.3 Å². The van der Waals surface area contributed by atoms with E-state index in [1.54, 1.807) is 14.2 Å². The first-order valence-corrected chi connectivity index (χ1v) is 10.4. The Balaban J connectivity index is 1.33. The smallest absolute Gasteiger partial charge is 0.230 e. The van der Waals surface area contributed by atoms with Crippen LogP contribution in [-0.2, 0) is 23.2 Å². The van der Waals surface area contributed by atoms with Crippen molar-refractivity contribution in [2.75, 3.05) is 33.9 Å². The lowest BCUT2D eigenvalue weighted by Crippen LogP contribution is -2.41. The zero-order valence-corrected chi connectivity index (χ0v) is 17.7. The number of ether oxygens (including phenoxy) is 2. The Morgan fingerprint density at radius 2 is 1.86 bits per heavy atom. The van der Waals surface area contributed by atoms with E-state index in [1.807, 2.05) is 24.3 Å². The number of rotatable bonds is 7. The molecule has 1 aliphatic carbocycles. The molecule has 1 heterocycles. The Kier molecular flexibility index (Phi) is 5.70. The lowest BCUT2D eigenvalue weighted by molar-refractivity contribution is -0.123. The average molecular weight is 415 g/mol. The number of hydrogen-bond donors (Lipinski definition) is 1. The van der Waals surface area contributed by atoms with Gasteiger partial charge >= 0.3 is 0 Å². The molecule has 1 saturated carbocycles. The summed E-state index contributed by atoms with van der Waals surface area (Å²) in [7, 11) is 3.33. The Labute approximate surface area is 176 Å². The monoisotopic (exact) mass is 414 g/mol. The summed E-state index contributed by atoms with van der Waals surface area (Å²) in [6, 6.07) is 11.8. The van der Waals surface area contributed by atoms with Gasteiger partial charge in [-0.1, -0.05) is 23.7 Å². The molecular weight excluding hydrogens is 388 g/mol. The Morgan fingerprint density at radius 3 is 2.52 bits per heavy atom. The number of halogens is 1. The summed E-state index contributed by atoms with van der Waals surface area (Å²) in [5.41, 5.74) is 3.21. The zero-order valence-electron chi connectivity index (χ0n) is 17.0. The van der Waals surface area contributed by atoms with Crippen LogP contribution in [0.15, 0.2) is 36.4 Å². The van der Waals surface area contributed by atoms with E-state index < -0.39 is 0 Å². The van der Waals surface area contributed by atoms with Crippen LogP contribution in [0.1, 0.15) is 29.5 Å². The minimum Gasteiger partial charge on any atom is -0.493 e. The van der Waals surface area contributed by atoms with E-state index in [0.717, 1.165) is 56.0 Å². The van der Waals surface area contributed by atoms with Crippen LogP contribution in [0.5, 0.6) is 11.5 Å². The first kappa shape index (κ1) is 20.0. The van der Waals surface area contributed by atoms with Crippen molar-refractivity contribution in [2.45, 2.75) is 31.2 Å². The van der Waals surface area contributed by atoms with Crippen molar-refractivity contribution < 1.29 is 14.3 Å². The number of amides is 1. The van der Waals surface area contributed by atoms with Crippen molar-refractivity contribution >= 4 is 17.5 Å². The summed E-state index contributed by atoms with van der Waals surface area (Å²) in [6.45, 7) is 3.29. The van der Waals surface area contributed by atoms with Crippen molar-refractivity contribution in [1.82, 2.24) is 10.2 Å². The van der Waals surface area contributed by atoms with Crippen molar-refractivity contribution in [1.29, 1.82) is 0 Å². The number of methoxy groups -OCH3 is 2. The van der Waals surface area contributed by atoms with Crippen molar-refractivity contribution in [2.24, 2.45) is 0 Å². The molecule has 1 amide bonds. The summed E-state index contributed by atoms with van der Waals surface area (Å²) in [4.78, 5) is 15.2. The highest BCUT2D eigenvalue weighted by Gasteiger charge is 2.51. The van der Waals surface area contributed by atoms with Crippen LogP contribution < -0.4 is 14.8 Å². The predicted molar refractivity (Wildman–Crippen MR) is 114 cm³/mol. The topological polar surface area (TPSA) is 50.8 Å². The molecule has 6 heteroatoms. The van der Waals surface area contributed by atoms with Crippen LogP contribution in [0.2, 0.25) is 5.02 Å². The third kappa shape index (κ3) is 4.07. The van der Waals surface area contributed by atoms with Crippen LogP contribution >= 0.6 is 11.6 Å². The number of hydrogen-bond acceptors (Lipinski definition) is 4. The number of fused-ring (bicyclic) bond motifs is 1. The molecule has 154 valence electrons. The number of nitrogens with zero attached hydrogens (tertiary/aromatic N) is 1. The zero-order chi connectivity index (χ0) is 20.4. The number of carbonyl (C=O) groups is 1. The molecule has 0 saturated heterocycles. The highest BCUT2D eigenvalue weighted by Crippen LogP contribution is 2.48. The quantitative estimate of drug-likeness (QED) is 0.752. The third-order valence-corrected chi connectivity index (χ3v) is 6.31. The van der Waals surface area contributed by atoms with Crippen LogP contribution in [0.4, 0.5) is 0 Å². The van der Waals surface area contributed by atoms with E-state index in [2.05, 4.69) is 22.3 Å². The van der Waals surface area contributed by atoms with E-state index in [9.17, 15) is 4.79 Å². The molecule has 0 unspecified atom stereocenters. The molecule has 1 fully saturated rings. The molecule has 2 aromatic carbocycles. The van der Waals surface area contributed by atoms with Gasteiger partial charge in [-0.3, -0.25) is 9.69 Å². The maximum Gasteiger partial charge on any atom is 0.230 e. The van der Waals surface area contributed by atoms with Crippen molar-refractivity contribution in [3.63, 3.8) is 0 Å². The number of carbonyl (C=O) groups excluding carboxylic acids is 1. The van der Waals surface area contributed by atoms with Crippen molar-refractivity contribution in [3.05, 3.63) is 58.1 Å². The molecule has 5 nitrogen and oxygen atoms in total. The Bertz CT molecular complexity index is 911. The highest BCUT2D eigenvalue weighted by molar-refractivity contribution is 6.30. The lowest BCUT2D eigenvalue weighted by Gasteiger charge is -2.29. The summed E-state index contributed by atoms with van der Waals surface area (Å²) in [6.07, 6.45) is 2.74. The SMILES string of the molecule is COc1cc2c(cc1OC)CN(CCNC(=O)C1(c3cccc(Cl)c3)CC1)CC2. The second-order valence-electron chi connectivity index (χ2n) is 7.85. The van der Waals surface area contributed by atoms with Gasteiger partial charge in [-0.25, -0.2) is 0 Å². The van der Waals surface area contributed by atoms with Gasteiger partial charge in [0.15, 0.2) is 11.5 Å². The largest absolute Gasteiger partial charge is 0.493 e. The van der Waals surface area contributed by atoms with Crippen LogP contribution in [-0.4, -0.2) is 44.7 Å². The van der Waals surface area contributed by atoms with Gasteiger partial charge in [0, 0.05) is 31.2 Å². The van der Waals surface area contributed by atoms with E-state index in [0.29, 0.717) is 11.6 Å². The molecule has 2 aromatic rings. The summed E-state index contributed by atoms with van der Waals surface area (Å²) < 4.78 is 10.8. The molecule has 1 N–H and O–H groups in total. The molecule has 0 aromatic heterocycles. The normalized spacial score (nSPS) is 17.3. The van der Waals surface area contributed by atoms with Gasteiger partial charge in [0.05, 0.1) is 19.6 Å². The first-order chi connectivity index (χ1) is 14.1. The maximum atomic E-state index is 12.8. The molecular formula is C23H27ClN2O3. The Morgan fingerprint density at radius 1 is 1.14 bits per heavy atom. The fraction of sp³-hybridized carbons (Fsp3) is 0.435. The standard InChI is InChI=1S/C23H27ClN2O3/c1-28-20-12-16-6-10-26(15-17(16)13-21(20)29-2)11-9-25-22(27)23(7-8-23)18-4-3-5-19(24)14-18/h3-5,12-14H,6-11,15H2,1-2H3,(H,25,27). The molecule has 0 atom stereocenters. The van der Waals surface area contributed by atoms with Gasteiger partial charge in [0.1, 0.15) is 0 Å². The lowest BCUT2D eigenvalue weighted by atomic mass is 9.95. The number of nitrogens with one attached hydrogen (secondary N) is 1. The van der Waals surface area contributed by atoms with Crippen LogP contribution in [0.3, 0.4) is 0 Å². The third-order valence-electron chi connectivity index (χ3n) is 6.07. The molecule has 0 spiro atoms. The van der Waals surface area contributed by atoms with Gasteiger partial charge in [0.25, 0.3) is 0 Å². The van der Waals surface area contributed by atoms with Gasteiger partial charge in [-0.05, 0) is 60.2 Å². The summed E-state index contributed by atoms with van der Waals surface area (Å²) in [5.74, 6) is 1.66. The first-order valence-electron chi connectivity index (χ1n) is 10.1. The Hall–Kier alpha value is -2.24. The van der Waals surface area contributed by atoms with E-state index in [4.69, 9.17) is 21.1 Å². The van der Waals surface area contributed by atoms with Gasteiger partial charge < -0.3 is 14.8 Å². The van der Waals surface area contributed by atoms with Gasteiger partial charge in [-0.2, -0.15) is 0 Å². The molecule has 29 heavy (non-hydrogen) atoms. The van der Waals surface area contributed by atoms with Crippen molar-refractivity contribution in [3.8, 4) is 11.5 Å². The highest BCUT2D eigenvalue weighted by atomic mass is 35.5. The van der Waals surface area contributed by atoms with Gasteiger partial charge in [-0.15, -0.1) is 0 Å². The summed E-state index contributed by atoms with van der Waals surface area (Å²) >= 11 is 6.12. The number of benzene rings is 2. The molecule has 0 radical (unpaired) electrons. The summed E-state index contributed by atoms with van der Waals surface area (Å²) in [5, 5.41) is 3.83. The van der Waals surface area contributed by atoms with Crippen LogP contribution in [0, 0.1) is 0 Å². The molecule has 0 bridgehead atoms. The average Bonchev–Trinajstić information content (AvgIpc) is 3.54. The minimum absolute atomic E-state index is 0.114. The van der Waals surface area contributed by atoms with Gasteiger partial charge in [0.2, 0.25) is 5.91 Å². The minimum atomic E-state index is -0.386. The second-order valence-corrected chi connectivity index (χ2v) is 8.29. The molecule has 2 aliphatic rings. The maximum absolute atomic E-state index is 12.8.